The third kappa shape index (κ3) is 5.94. The molecule has 7 aromatic carbocycles. The fraction of sp³-hybridized carbons (Fsp3) is 0.214. The van der Waals surface area contributed by atoms with Crippen molar-refractivity contribution in [2.45, 2.75) is 80.1 Å². The molecular formula is C56H53BN2O. The molecule has 0 saturated carbocycles. The van der Waals surface area contributed by atoms with E-state index in [0.29, 0.717) is 0 Å². The van der Waals surface area contributed by atoms with E-state index in [1.165, 1.54) is 100 Å². The van der Waals surface area contributed by atoms with E-state index in [1.54, 1.807) is 0 Å². The van der Waals surface area contributed by atoms with Crippen LogP contribution in [0.1, 0.15) is 74.9 Å². The molecule has 0 saturated heterocycles. The molecule has 60 heavy (non-hydrogen) atoms. The van der Waals surface area contributed by atoms with E-state index in [1.807, 2.05) is 6.26 Å². The van der Waals surface area contributed by atoms with Gasteiger partial charge in [0.15, 0.2) is 0 Å². The Hall–Kier alpha value is -6.26. The molecule has 4 heteroatoms. The number of rotatable bonds is 4. The van der Waals surface area contributed by atoms with Gasteiger partial charge in [-0.1, -0.05) is 120 Å². The van der Waals surface area contributed by atoms with Crippen LogP contribution in [0.4, 0.5) is 28.4 Å². The van der Waals surface area contributed by atoms with Crippen molar-refractivity contribution in [3.05, 3.63) is 173 Å². The highest BCUT2D eigenvalue weighted by atomic mass is 16.3. The maximum atomic E-state index is 6.56. The summed E-state index contributed by atoms with van der Waals surface area (Å²) >= 11 is 0. The molecule has 0 spiro atoms. The van der Waals surface area contributed by atoms with Crippen LogP contribution in [0.15, 0.2) is 144 Å². The Bertz CT molecular complexity index is 2970. The lowest BCUT2D eigenvalue weighted by atomic mass is 9.43. The number of hydrogen-bond acceptors (Lipinski definition) is 3. The first-order valence-electron chi connectivity index (χ1n) is 21.4. The summed E-state index contributed by atoms with van der Waals surface area (Å²) in [6, 6.07) is 50.6. The van der Waals surface area contributed by atoms with Crippen molar-refractivity contribution in [1.82, 2.24) is 0 Å². The van der Waals surface area contributed by atoms with Crippen LogP contribution in [-0.4, -0.2) is 6.85 Å². The minimum absolute atomic E-state index is 0.0397. The van der Waals surface area contributed by atoms with E-state index < -0.39 is 0 Å². The summed E-state index contributed by atoms with van der Waals surface area (Å²) in [5.74, 6) is 0. The molecule has 2 aliphatic heterocycles. The second-order valence-corrected chi connectivity index (χ2v) is 19.3. The first-order valence-corrected chi connectivity index (χ1v) is 21.4. The maximum Gasteiger partial charge on any atom is 0.333 e. The SMILES string of the molecule is Cc1cccc(C)c1-c1cccc(N2c3cc(-c4c(C)cccc4C)ccc3B3c4c2cc2ccoc2c4-c2cc(C(C)(C)C)ccc2N3c2ccc(C(C)(C)C)cc2)c1. The van der Waals surface area contributed by atoms with Gasteiger partial charge in [-0.05, 0) is 160 Å². The number of nitrogens with zero attached hydrogens (tertiary/aromatic N) is 2. The third-order valence-electron chi connectivity index (χ3n) is 13.1. The Morgan fingerprint density at radius 1 is 0.483 bits per heavy atom. The molecule has 2 aliphatic rings. The molecule has 0 amide bonds. The largest absolute Gasteiger partial charge is 0.464 e. The van der Waals surface area contributed by atoms with Crippen molar-refractivity contribution in [2.75, 3.05) is 9.71 Å². The Labute approximate surface area is 356 Å². The van der Waals surface area contributed by atoms with Crippen LogP contribution in [0.3, 0.4) is 0 Å². The lowest BCUT2D eigenvalue weighted by molar-refractivity contribution is 0.590. The predicted molar refractivity (Wildman–Crippen MR) is 257 cm³/mol. The third-order valence-corrected chi connectivity index (χ3v) is 13.1. The molecule has 3 nitrogen and oxygen atoms in total. The molecule has 0 atom stereocenters. The van der Waals surface area contributed by atoms with Crippen molar-refractivity contribution in [3.8, 4) is 33.4 Å². The summed E-state index contributed by atoms with van der Waals surface area (Å²) < 4.78 is 6.56. The summed E-state index contributed by atoms with van der Waals surface area (Å²) in [6.07, 6.45) is 1.87. The molecule has 8 aromatic rings. The molecule has 0 fully saturated rings. The van der Waals surface area contributed by atoms with Crippen LogP contribution in [-0.2, 0) is 10.8 Å². The second-order valence-electron chi connectivity index (χ2n) is 19.3. The summed E-state index contributed by atoms with van der Waals surface area (Å²) in [5, 5.41) is 1.10. The Kier molecular flexibility index (Phi) is 8.64. The van der Waals surface area contributed by atoms with Gasteiger partial charge in [-0.2, -0.15) is 0 Å². The number of benzene rings is 7. The highest BCUT2D eigenvalue weighted by Crippen LogP contribution is 2.51. The Morgan fingerprint density at radius 2 is 1.08 bits per heavy atom. The molecule has 296 valence electrons. The second kappa shape index (κ2) is 13.6. The van der Waals surface area contributed by atoms with Crippen molar-refractivity contribution in [1.29, 1.82) is 0 Å². The average molecular weight is 781 g/mol. The first-order chi connectivity index (χ1) is 28.7. The zero-order valence-electron chi connectivity index (χ0n) is 36.7. The molecule has 0 bridgehead atoms. The molecule has 1 aromatic heterocycles. The van der Waals surface area contributed by atoms with E-state index in [4.69, 9.17) is 4.42 Å². The van der Waals surface area contributed by atoms with Gasteiger partial charge in [-0.25, -0.2) is 0 Å². The number of anilines is 5. The van der Waals surface area contributed by atoms with Gasteiger partial charge in [0.1, 0.15) is 5.58 Å². The summed E-state index contributed by atoms with van der Waals surface area (Å²) in [5.41, 5.74) is 24.5. The van der Waals surface area contributed by atoms with Crippen molar-refractivity contribution >= 4 is 57.2 Å². The average Bonchev–Trinajstić information content (AvgIpc) is 3.68. The Balaban J connectivity index is 1.32. The molecule has 3 heterocycles. The molecule has 0 radical (unpaired) electrons. The van der Waals surface area contributed by atoms with Crippen LogP contribution in [0, 0.1) is 27.7 Å². The summed E-state index contributed by atoms with van der Waals surface area (Å²) in [4.78, 5) is 5.15. The van der Waals surface area contributed by atoms with Gasteiger partial charge >= 0.3 is 6.85 Å². The van der Waals surface area contributed by atoms with Crippen LogP contribution >= 0.6 is 0 Å². The van der Waals surface area contributed by atoms with Crippen LogP contribution in [0.2, 0.25) is 0 Å². The number of fused-ring (bicyclic) bond motifs is 6. The topological polar surface area (TPSA) is 19.6 Å². The van der Waals surface area contributed by atoms with Crippen molar-refractivity contribution in [3.63, 3.8) is 0 Å². The predicted octanol–water partition coefficient (Wildman–Crippen LogP) is 14.3. The van der Waals surface area contributed by atoms with E-state index in [0.717, 1.165) is 16.7 Å². The smallest absolute Gasteiger partial charge is 0.333 e. The molecular weight excluding hydrogens is 727 g/mol. The number of aryl methyl sites for hydroxylation is 4. The van der Waals surface area contributed by atoms with E-state index in [-0.39, 0.29) is 17.7 Å². The maximum absolute atomic E-state index is 6.56. The normalized spacial score (nSPS) is 13.4. The number of furan rings is 1. The molecule has 0 N–H and O–H groups in total. The van der Waals surface area contributed by atoms with Gasteiger partial charge in [0.2, 0.25) is 0 Å². The monoisotopic (exact) mass is 780 g/mol. The molecule has 10 rings (SSSR count). The summed E-state index contributed by atoms with van der Waals surface area (Å²) in [6.45, 7) is 22.6. The summed E-state index contributed by atoms with van der Waals surface area (Å²) in [7, 11) is 0. The quantitative estimate of drug-likeness (QED) is 0.166. The highest BCUT2D eigenvalue weighted by molar-refractivity contribution is 6.94. The minimum atomic E-state index is -0.127. The van der Waals surface area contributed by atoms with E-state index in [9.17, 15) is 0 Å². The first kappa shape index (κ1) is 38.0. The van der Waals surface area contributed by atoms with Crippen LogP contribution in [0.25, 0.3) is 44.3 Å². The van der Waals surface area contributed by atoms with Gasteiger partial charge < -0.3 is 14.1 Å². The minimum Gasteiger partial charge on any atom is -0.464 e. The lowest BCUT2D eigenvalue weighted by Crippen LogP contribution is -2.61. The van der Waals surface area contributed by atoms with Gasteiger partial charge in [0, 0.05) is 45.0 Å². The van der Waals surface area contributed by atoms with Crippen molar-refractivity contribution < 1.29 is 4.42 Å². The van der Waals surface area contributed by atoms with Gasteiger partial charge in [-0.15, -0.1) is 0 Å². The molecule has 0 aliphatic carbocycles. The number of hydrogen-bond donors (Lipinski definition) is 0. The fourth-order valence-electron chi connectivity index (χ4n) is 10.1. The van der Waals surface area contributed by atoms with Gasteiger partial charge in [0.25, 0.3) is 0 Å². The molecule has 0 unspecified atom stereocenters. The lowest BCUT2D eigenvalue weighted by Gasteiger charge is -2.46. The Morgan fingerprint density at radius 3 is 1.72 bits per heavy atom. The van der Waals surface area contributed by atoms with Gasteiger partial charge in [0.05, 0.1) is 6.26 Å². The van der Waals surface area contributed by atoms with E-state index >= 15 is 0 Å². The zero-order valence-corrected chi connectivity index (χ0v) is 36.7. The van der Waals surface area contributed by atoms with E-state index in [2.05, 4.69) is 212 Å². The fourth-order valence-corrected chi connectivity index (χ4v) is 10.1. The highest BCUT2D eigenvalue weighted by Gasteiger charge is 2.46. The van der Waals surface area contributed by atoms with Gasteiger partial charge in [-0.3, -0.25) is 0 Å². The van der Waals surface area contributed by atoms with Crippen LogP contribution < -0.4 is 20.6 Å². The van der Waals surface area contributed by atoms with Crippen molar-refractivity contribution in [2.24, 2.45) is 0 Å². The standard InChI is InChI=1S/C56H53BN2O/c1-34-14-11-15-35(2)50(34)38-18-13-19-44(30-38)58-48-31-39(51-36(3)16-12-17-37(51)4)20-26-46(48)57-53-49(58)32-40-28-29-60-54(40)52(53)45-33-42(56(8,9)10)23-27-47(45)59(57)43-24-21-41(22-25-43)55(5,6)7/h11-33H,1-10H3. The zero-order chi connectivity index (χ0) is 41.8. The van der Waals surface area contributed by atoms with Crippen LogP contribution in [0.5, 0.6) is 0 Å².